The summed E-state index contributed by atoms with van der Waals surface area (Å²) in [6.07, 6.45) is 3.11. The molecular formula is C24H26F2N4O3. The predicted molar refractivity (Wildman–Crippen MR) is 118 cm³/mol. The zero-order valence-corrected chi connectivity index (χ0v) is 18.2. The molecule has 1 heterocycles. The van der Waals surface area contributed by atoms with Crippen molar-refractivity contribution in [3.63, 3.8) is 0 Å². The van der Waals surface area contributed by atoms with Crippen LogP contribution in [0.1, 0.15) is 34.1 Å². The van der Waals surface area contributed by atoms with Crippen molar-refractivity contribution in [1.29, 1.82) is 0 Å². The van der Waals surface area contributed by atoms with Crippen LogP contribution >= 0.6 is 0 Å². The van der Waals surface area contributed by atoms with Gasteiger partial charge in [0.25, 0.3) is 5.91 Å². The molecule has 7 nitrogen and oxygen atoms in total. The highest BCUT2D eigenvalue weighted by molar-refractivity contribution is 5.91. The number of rotatable bonds is 10. The van der Waals surface area contributed by atoms with Gasteiger partial charge in [-0.05, 0) is 41.7 Å². The number of aryl methyl sites for hydroxylation is 1. The zero-order chi connectivity index (χ0) is 23.8. The fraction of sp³-hybridized carbons (Fsp3) is 0.292. The van der Waals surface area contributed by atoms with E-state index >= 15 is 0 Å². The van der Waals surface area contributed by atoms with Gasteiger partial charge in [-0.3, -0.25) is 4.79 Å². The summed E-state index contributed by atoms with van der Waals surface area (Å²) in [7, 11) is 0. The first kappa shape index (κ1) is 24.2. The lowest BCUT2D eigenvalue weighted by molar-refractivity contribution is -0.606. The van der Waals surface area contributed by atoms with Crippen molar-refractivity contribution >= 4 is 5.91 Å². The van der Waals surface area contributed by atoms with E-state index in [1.807, 2.05) is 18.2 Å². The first-order valence-corrected chi connectivity index (χ1v) is 10.6. The highest BCUT2D eigenvalue weighted by Crippen LogP contribution is 2.13. The van der Waals surface area contributed by atoms with Crippen molar-refractivity contribution in [2.45, 2.75) is 38.5 Å². The van der Waals surface area contributed by atoms with Gasteiger partial charge in [0.1, 0.15) is 11.6 Å². The molecule has 1 aromatic heterocycles. The van der Waals surface area contributed by atoms with Gasteiger partial charge >= 0.3 is 0 Å². The number of hydrogen-bond acceptors (Lipinski definition) is 5. The van der Waals surface area contributed by atoms with E-state index in [0.29, 0.717) is 11.3 Å². The Morgan fingerprint density at radius 2 is 1.88 bits per heavy atom. The summed E-state index contributed by atoms with van der Waals surface area (Å²) in [5.74, 6) is -2.19. The average molecular weight is 456 g/mol. The Balaban J connectivity index is 1.70. The molecule has 0 unspecified atom stereocenters. The van der Waals surface area contributed by atoms with E-state index in [1.54, 1.807) is 0 Å². The lowest BCUT2D eigenvalue weighted by Gasteiger charge is -2.24. The van der Waals surface area contributed by atoms with Gasteiger partial charge in [-0.1, -0.05) is 31.2 Å². The van der Waals surface area contributed by atoms with E-state index in [0.717, 1.165) is 42.6 Å². The van der Waals surface area contributed by atoms with Gasteiger partial charge in [-0.15, -0.1) is 0 Å². The van der Waals surface area contributed by atoms with Crippen molar-refractivity contribution in [1.82, 2.24) is 15.6 Å². The molecule has 0 saturated heterocycles. The molecule has 0 bridgehead atoms. The minimum atomic E-state index is -1.09. The molecule has 0 fully saturated rings. The van der Waals surface area contributed by atoms with Gasteiger partial charge in [0.2, 0.25) is 6.20 Å². The number of carbonyl (C=O) groups is 1. The smallest absolute Gasteiger partial charge is 0.276 e. The second-order valence-electron chi connectivity index (χ2n) is 7.73. The van der Waals surface area contributed by atoms with Crippen LogP contribution in [-0.2, 0) is 19.4 Å². The monoisotopic (exact) mass is 456 g/mol. The number of aliphatic hydroxyl groups is 1. The third-order valence-corrected chi connectivity index (χ3v) is 5.15. The molecule has 3 aromatic rings. The lowest BCUT2D eigenvalue weighted by atomic mass is 10.00. The summed E-state index contributed by atoms with van der Waals surface area (Å²) in [6.45, 7) is 2.67. The molecule has 0 spiro atoms. The van der Waals surface area contributed by atoms with Crippen LogP contribution in [0.15, 0.2) is 61.1 Å². The van der Waals surface area contributed by atoms with Crippen LogP contribution in [0, 0.1) is 16.8 Å². The zero-order valence-electron chi connectivity index (χ0n) is 18.2. The van der Waals surface area contributed by atoms with E-state index in [1.165, 1.54) is 11.8 Å². The quantitative estimate of drug-likeness (QED) is 0.320. The van der Waals surface area contributed by atoms with Crippen LogP contribution in [0.5, 0.6) is 0 Å². The van der Waals surface area contributed by atoms with Crippen LogP contribution in [-0.4, -0.2) is 34.7 Å². The first-order chi connectivity index (χ1) is 15.8. The molecule has 0 aliphatic carbocycles. The molecule has 2 aromatic carbocycles. The molecule has 9 heteroatoms. The van der Waals surface area contributed by atoms with Crippen LogP contribution < -0.4 is 15.4 Å². The highest BCUT2D eigenvalue weighted by atomic mass is 19.1. The molecular weight excluding hydrogens is 430 g/mol. The molecule has 3 rings (SSSR count). The molecule has 2 atom stereocenters. The second kappa shape index (κ2) is 11.4. The van der Waals surface area contributed by atoms with Crippen molar-refractivity contribution in [2.75, 3.05) is 6.54 Å². The first-order valence-electron chi connectivity index (χ1n) is 10.6. The topological polar surface area (TPSA) is 101 Å². The third kappa shape index (κ3) is 7.30. The SMILES string of the molecule is CCc1cccc(CNC[C@@H](O)[C@H](Cc2cc(F)cc(F)c2)NC(=O)c2c[n+]([O-])ccn2)c1. The summed E-state index contributed by atoms with van der Waals surface area (Å²) >= 11 is 0. The van der Waals surface area contributed by atoms with Gasteiger partial charge in [-0.2, -0.15) is 4.73 Å². The Morgan fingerprint density at radius 1 is 1.15 bits per heavy atom. The van der Waals surface area contributed by atoms with Crippen molar-refractivity contribution in [2.24, 2.45) is 0 Å². The fourth-order valence-corrected chi connectivity index (χ4v) is 3.47. The largest absolute Gasteiger partial charge is 0.619 e. The number of benzene rings is 2. The molecule has 0 radical (unpaired) electrons. The maximum Gasteiger partial charge on any atom is 0.276 e. The normalized spacial score (nSPS) is 12.8. The lowest BCUT2D eigenvalue weighted by Crippen LogP contribution is -2.49. The van der Waals surface area contributed by atoms with Crippen molar-refractivity contribution < 1.29 is 23.4 Å². The van der Waals surface area contributed by atoms with Crippen molar-refractivity contribution in [3.8, 4) is 0 Å². The summed E-state index contributed by atoms with van der Waals surface area (Å²) in [5, 5.41) is 28.0. The Morgan fingerprint density at radius 3 is 2.58 bits per heavy atom. The summed E-state index contributed by atoms with van der Waals surface area (Å²) in [5.41, 5.74) is 2.37. The maximum absolute atomic E-state index is 13.7. The molecule has 174 valence electrons. The number of carbonyl (C=O) groups excluding carboxylic acids is 1. The standard InChI is InChI=1S/C24H26F2N4O3/c1-2-16-4-3-5-17(8-16)13-27-14-23(31)21(11-18-9-19(25)12-20(26)10-18)29-24(32)22-15-30(33)7-6-28-22/h3-10,12,15,21,23,27,31H,2,11,13-14H2,1H3,(H,29,32)/t21-,23+/m0/s1. The predicted octanol–water partition coefficient (Wildman–Crippen LogP) is 2.05. The number of nitrogens with zero attached hydrogens (tertiary/aromatic N) is 2. The molecule has 33 heavy (non-hydrogen) atoms. The molecule has 0 aliphatic rings. The van der Waals surface area contributed by atoms with Gasteiger partial charge in [0.05, 0.1) is 18.3 Å². The van der Waals surface area contributed by atoms with Crippen LogP contribution in [0.3, 0.4) is 0 Å². The highest BCUT2D eigenvalue weighted by Gasteiger charge is 2.24. The van der Waals surface area contributed by atoms with Crippen LogP contribution in [0.25, 0.3) is 0 Å². The average Bonchev–Trinajstić information content (AvgIpc) is 2.78. The molecule has 0 saturated carbocycles. The number of aliphatic hydroxyl groups excluding tert-OH is 1. The van der Waals surface area contributed by atoms with Gasteiger partial charge in [0, 0.05) is 19.2 Å². The van der Waals surface area contributed by atoms with Gasteiger partial charge in [0.15, 0.2) is 11.9 Å². The number of nitrogens with one attached hydrogen (secondary N) is 2. The summed E-state index contributed by atoms with van der Waals surface area (Å²) in [4.78, 5) is 16.5. The van der Waals surface area contributed by atoms with Crippen LogP contribution in [0.2, 0.25) is 0 Å². The number of amides is 1. The fourth-order valence-electron chi connectivity index (χ4n) is 3.47. The van der Waals surface area contributed by atoms with E-state index in [2.05, 4.69) is 28.6 Å². The summed E-state index contributed by atoms with van der Waals surface area (Å²) < 4.78 is 27.7. The van der Waals surface area contributed by atoms with Gasteiger partial charge in [-0.25, -0.2) is 13.8 Å². The van der Waals surface area contributed by atoms with E-state index in [4.69, 9.17) is 0 Å². The maximum atomic E-state index is 13.7. The summed E-state index contributed by atoms with van der Waals surface area (Å²) in [6, 6.07) is 10.2. The third-order valence-electron chi connectivity index (χ3n) is 5.15. The Bertz CT molecular complexity index is 1080. The minimum Gasteiger partial charge on any atom is -0.619 e. The molecule has 1 amide bonds. The van der Waals surface area contributed by atoms with Gasteiger partial charge < -0.3 is 20.9 Å². The minimum absolute atomic E-state index is 0.0290. The van der Waals surface area contributed by atoms with Crippen LogP contribution in [0.4, 0.5) is 8.78 Å². The molecule has 0 aliphatic heterocycles. The number of hydrogen-bond donors (Lipinski definition) is 3. The van der Waals surface area contributed by atoms with E-state index in [9.17, 15) is 23.9 Å². The molecule has 3 N–H and O–H groups in total. The van der Waals surface area contributed by atoms with E-state index in [-0.39, 0.29) is 24.2 Å². The second-order valence-corrected chi connectivity index (χ2v) is 7.73. The number of halogens is 2. The Kier molecular flexibility index (Phi) is 8.39. The number of aromatic nitrogens is 2. The van der Waals surface area contributed by atoms with E-state index < -0.39 is 29.7 Å². The Hall–Kier alpha value is -3.43. The van der Waals surface area contributed by atoms with Crippen molar-refractivity contribution in [3.05, 3.63) is 100 Å². The Labute approximate surface area is 190 Å².